The summed E-state index contributed by atoms with van der Waals surface area (Å²) < 4.78 is 0. The number of nitrogens with two attached hydrogens (primary N) is 1. The molecule has 0 aliphatic rings. The quantitative estimate of drug-likeness (QED) is 0.592. The average molecular weight is 286 g/mol. The van der Waals surface area contributed by atoms with Gasteiger partial charge in [0.2, 0.25) is 0 Å². The van der Waals surface area contributed by atoms with E-state index in [1.165, 1.54) is 16.2 Å². The van der Waals surface area contributed by atoms with E-state index in [2.05, 4.69) is 22.5 Å². The number of aryl methyl sites for hydroxylation is 1. The molecule has 0 spiro atoms. The molecule has 0 bridgehead atoms. The maximum Gasteiger partial charge on any atom is 0.311 e. The van der Waals surface area contributed by atoms with Crippen LogP contribution in [0, 0.1) is 6.92 Å². The van der Waals surface area contributed by atoms with Crippen molar-refractivity contribution < 1.29 is 9.59 Å². The Hall–Kier alpha value is -1.54. The average Bonchev–Trinajstić information content (AvgIpc) is 2.70. The minimum absolute atomic E-state index is 0.0212. The van der Waals surface area contributed by atoms with Gasteiger partial charge in [0, 0.05) is 11.9 Å². The van der Waals surface area contributed by atoms with Gasteiger partial charge in [-0.15, -0.1) is 11.3 Å². The summed E-state index contributed by atoms with van der Waals surface area (Å²) in [6.07, 6.45) is 0. The molecule has 0 aliphatic carbocycles. The SMILES string of the molecule is Cc1ncsc1CN(C)C(=O)C(=O)NCC(N)=S. The Balaban J connectivity index is 2.53. The maximum absolute atomic E-state index is 11.7. The molecule has 0 aromatic carbocycles. The Kier molecular flexibility index (Phi) is 5.17. The first kappa shape index (κ1) is 14.5. The Morgan fingerprint density at radius 1 is 1.61 bits per heavy atom. The minimum atomic E-state index is -0.715. The third-order valence-corrected chi connectivity index (χ3v) is 3.25. The second kappa shape index (κ2) is 6.41. The van der Waals surface area contributed by atoms with Gasteiger partial charge in [-0.2, -0.15) is 0 Å². The molecular weight excluding hydrogens is 272 g/mol. The zero-order valence-corrected chi connectivity index (χ0v) is 11.7. The molecule has 98 valence electrons. The molecule has 6 nitrogen and oxygen atoms in total. The van der Waals surface area contributed by atoms with E-state index in [9.17, 15) is 9.59 Å². The molecule has 0 aliphatic heterocycles. The van der Waals surface area contributed by atoms with Crippen molar-refractivity contribution in [2.45, 2.75) is 13.5 Å². The van der Waals surface area contributed by atoms with Gasteiger partial charge in [0.25, 0.3) is 0 Å². The summed E-state index contributed by atoms with van der Waals surface area (Å²) in [5.74, 6) is -1.34. The van der Waals surface area contributed by atoms with E-state index in [1.54, 1.807) is 12.6 Å². The summed E-state index contributed by atoms with van der Waals surface area (Å²) in [6, 6.07) is 0. The van der Waals surface area contributed by atoms with E-state index in [0.717, 1.165) is 10.6 Å². The van der Waals surface area contributed by atoms with Crippen molar-refractivity contribution in [1.82, 2.24) is 15.2 Å². The van der Waals surface area contributed by atoms with Crippen molar-refractivity contribution in [2.75, 3.05) is 13.6 Å². The molecule has 8 heteroatoms. The molecular formula is C10H14N4O2S2. The first-order chi connectivity index (χ1) is 8.41. The van der Waals surface area contributed by atoms with Gasteiger partial charge in [-0.3, -0.25) is 9.59 Å². The van der Waals surface area contributed by atoms with Gasteiger partial charge < -0.3 is 16.0 Å². The Morgan fingerprint density at radius 2 is 2.28 bits per heavy atom. The highest BCUT2D eigenvalue weighted by Crippen LogP contribution is 2.14. The second-order valence-electron chi connectivity index (χ2n) is 3.67. The summed E-state index contributed by atoms with van der Waals surface area (Å²) in [6.45, 7) is 2.24. The number of nitrogens with one attached hydrogen (secondary N) is 1. The minimum Gasteiger partial charge on any atom is -0.392 e. The molecule has 0 atom stereocenters. The predicted molar refractivity (Wildman–Crippen MR) is 73.1 cm³/mol. The fourth-order valence-corrected chi connectivity index (χ4v) is 2.08. The lowest BCUT2D eigenvalue weighted by Crippen LogP contribution is -2.43. The molecule has 0 unspecified atom stereocenters. The molecule has 2 amide bonds. The predicted octanol–water partition coefficient (Wildman–Crippen LogP) is -0.188. The maximum atomic E-state index is 11.7. The number of nitrogens with zero attached hydrogens (tertiary/aromatic N) is 2. The van der Waals surface area contributed by atoms with E-state index < -0.39 is 11.8 Å². The number of carbonyl (C=O) groups excluding carboxylic acids is 2. The van der Waals surface area contributed by atoms with Crippen LogP contribution in [0.2, 0.25) is 0 Å². The number of aromatic nitrogens is 1. The third-order valence-electron chi connectivity index (χ3n) is 2.19. The first-order valence-electron chi connectivity index (χ1n) is 5.12. The zero-order chi connectivity index (χ0) is 13.7. The summed E-state index contributed by atoms with van der Waals surface area (Å²) in [7, 11) is 1.56. The first-order valence-corrected chi connectivity index (χ1v) is 6.41. The Morgan fingerprint density at radius 3 is 2.78 bits per heavy atom. The molecule has 1 heterocycles. The molecule has 3 N–H and O–H groups in total. The van der Waals surface area contributed by atoms with Crippen molar-refractivity contribution in [3.63, 3.8) is 0 Å². The Labute approximate surface area is 114 Å². The van der Waals surface area contributed by atoms with Gasteiger partial charge in [0.15, 0.2) is 0 Å². The number of hydrogen-bond acceptors (Lipinski definition) is 5. The highest BCUT2D eigenvalue weighted by molar-refractivity contribution is 7.80. The van der Waals surface area contributed by atoms with E-state index in [1.807, 2.05) is 6.92 Å². The monoisotopic (exact) mass is 286 g/mol. The van der Waals surface area contributed by atoms with Gasteiger partial charge in [-0.1, -0.05) is 12.2 Å². The van der Waals surface area contributed by atoms with Crippen LogP contribution in [0.1, 0.15) is 10.6 Å². The number of hydrogen-bond donors (Lipinski definition) is 2. The number of thiazole rings is 1. The second-order valence-corrected chi connectivity index (χ2v) is 5.13. The number of carbonyl (C=O) groups is 2. The van der Waals surface area contributed by atoms with E-state index in [-0.39, 0.29) is 11.5 Å². The summed E-state index contributed by atoms with van der Waals surface area (Å²) in [4.78, 5) is 29.7. The van der Waals surface area contributed by atoms with Gasteiger partial charge >= 0.3 is 11.8 Å². The number of amides is 2. The number of rotatable bonds is 4. The van der Waals surface area contributed by atoms with Crippen molar-refractivity contribution in [1.29, 1.82) is 0 Å². The van der Waals surface area contributed by atoms with Gasteiger partial charge in [0.1, 0.15) is 0 Å². The van der Waals surface area contributed by atoms with Crippen LogP contribution < -0.4 is 11.1 Å². The molecule has 0 saturated heterocycles. The van der Waals surface area contributed by atoms with Crippen LogP contribution in [0.3, 0.4) is 0 Å². The highest BCUT2D eigenvalue weighted by atomic mass is 32.1. The van der Waals surface area contributed by atoms with Crippen LogP contribution >= 0.6 is 23.6 Å². The van der Waals surface area contributed by atoms with E-state index in [4.69, 9.17) is 5.73 Å². The van der Waals surface area contributed by atoms with Gasteiger partial charge in [-0.05, 0) is 6.92 Å². The van der Waals surface area contributed by atoms with Crippen molar-refractivity contribution in [3.05, 3.63) is 16.1 Å². The van der Waals surface area contributed by atoms with Crippen LogP contribution in [0.25, 0.3) is 0 Å². The molecule has 1 rings (SSSR count). The van der Waals surface area contributed by atoms with E-state index in [0.29, 0.717) is 6.54 Å². The van der Waals surface area contributed by atoms with Crippen molar-refractivity contribution in [2.24, 2.45) is 5.73 Å². The standard InChI is InChI=1S/C10H14N4O2S2/c1-6-7(18-5-13-6)4-14(2)10(16)9(15)12-3-8(11)17/h5H,3-4H2,1-2H3,(H2,11,17)(H,12,15). The number of likely N-dealkylation sites (N-methyl/N-ethyl adjacent to an activating group) is 1. The van der Waals surface area contributed by atoms with Crippen LogP contribution in [-0.2, 0) is 16.1 Å². The van der Waals surface area contributed by atoms with Gasteiger partial charge in [-0.25, -0.2) is 4.98 Å². The molecule has 0 saturated carbocycles. The van der Waals surface area contributed by atoms with Crippen LogP contribution in [0.15, 0.2) is 5.51 Å². The molecule has 0 radical (unpaired) electrons. The largest absolute Gasteiger partial charge is 0.392 e. The molecule has 1 aromatic heterocycles. The normalized spacial score (nSPS) is 9.89. The summed E-state index contributed by atoms with van der Waals surface area (Å²) >= 11 is 6.06. The Bertz CT molecular complexity index is 472. The fourth-order valence-electron chi connectivity index (χ4n) is 1.18. The van der Waals surface area contributed by atoms with Crippen molar-refractivity contribution in [3.8, 4) is 0 Å². The van der Waals surface area contributed by atoms with Crippen LogP contribution in [-0.4, -0.2) is 40.3 Å². The van der Waals surface area contributed by atoms with Gasteiger partial charge in [0.05, 0.1) is 29.3 Å². The lowest BCUT2D eigenvalue weighted by molar-refractivity contribution is -0.145. The lowest BCUT2D eigenvalue weighted by atomic mass is 10.3. The third kappa shape index (κ3) is 4.04. The summed E-state index contributed by atoms with van der Waals surface area (Å²) in [5, 5.41) is 2.35. The summed E-state index contributed by atoms with van der Waals surface area (Å²) in [5.41, 5.74) is 7.80. The molecule has 1 aromatic rings. The molecule has 0 fully saturated rings. The van der Waals surface area contributed by atoms with Crippen LogP contribution in [0.5, 0.6) is 0 Å². The lowest BCUT2D eigenvalue weighted by Gasteiger charge is -2.15. The number of thiocarbonyl (C=S) groups is 1. The zero-order valence-electron chi connectivity index (χ0n) is 10.1. The molecule has 18 heavy (non-hydrogen) atoms. The van der Waals surface area contributed by atoms with E-state index >= 15 is 0 Å². The van der Waals surface area contributed by atoms with Crippen LogP contribution in [0.4, 0.5) is 0 Å². The van der Waals surface area contributed by atoms with Crippen molar-refractivity contribution >= 4 is 40.4 Å². The smallest absolute Gasteiger partial charge is 0.311 e. The fraction of sp³-hybridized carbons (Fsp3) is 0.400. The topological polar surface area (TPSA) is 88.3 Å². The highest BCUT2D eigenvalue weighted by Gasteiger charge is 2.19.